The van der Waals surface area contributed by atoms with Crippen molar-refractivity contribution in [3.63, 3.8) is 0 Å². The highest BCUT2D eigenvalue weighted by Crippen LogP contribution is 2.26. The summed E-state index contributed by atoms with van der Waals surface area (Å²) in [5.74, 6) is 1.55. The normalized spacial score (nSPS) is 10.5. The van der Waals surface area contributed by atoms with Crippen molar-refractivity contribution < 1.29 is 4.74 Å². The van der Waals surface area contributed by atoms with E-state index < -0.39 is 0 Å². The Bertz CT molecular complexity index is 1030. The molecule has 0 saturated carbocycles. The largest absolute Gasteiger partial charge is 0.457 e. The number of nitrogens with zero attached hydrogens (tertiary/aromatic N) is 4. The molecule has 2 aromatic heterocycles. The Balaban J connectivity index is 1.68. The highest BCUT2D eigenvalue weighted by Gasteiger charge is 2.09. The van der Waals surface area contributed by atoms with Crippen LogP contribution in [0.1, 0.15) is 5.56 Å². The second-order valence-electron chi connectivity index (χ2n) is 5.18. The van der Waals surface area contributed by atoms with Crippen LogP contribution in [0.4, 0.5) is 0 Å². The summed E-state index contributed by atoms with van der Waals surface area (Å²) in [4.78, 5) is 4.22. The lowest BCUT2D eigenvalue weighted by Crippen LogP contribution is -1.95. The molecule has 5 heteroatoms. The van der Waals surface area contributed by atoms with Crippen LogP contribution in [0.3, 0.4) is 0 Å². The molecule has 24 heavy (non-hydrogen) atoms. The molecule has 4 aromatic rings. The van der Waals surface area contributed by atoms with Crippen molar-refractivity contribution in [2.24, 2.45) is 0 Å². The molecule has 0 atom stereocenters. The van der Waals surface area contributed by atoms with E-state index in [0.29, 0.717) is 11.2 Å². The van der Waals surface area contributed by atoms with Crippen molar-refractivity contribution in [3.05, 3.63) is 78.6 Å². The van der Waals surface area contributed by atoms with Gasteiger partial charge >= 0.3 is 0 Å². The minimum absolute atomic E-state index is 0.459. The maximum atomic E-state index is 9.10. The first kappa shape index (κ1) is 14.0. The third kappa shape index (κ3) is 2.46. The number of rotatable bonds is 3. The SMILES string of the molecule is N#Cc1cnn2c(-c3ccc(Oc4ccccc4)cc3)ccnc12. The summed E-state index contributed by atoms with van der Waals surface area (Å²) >= 11 is 0. The predicted octanol–water partition coefficient (Wildman–Crippen LogP) is 4.06. The van der Waals surface area contributed by atoms with E-state index in [1.54, 1.807) is 10.7 Å². The zero-order valence-electron chi connectivity index (χ0n) is 12.6. The molecule has 0 saturated heterocycles. The van der Waals surface area contributed by atoms with E-state index in [2.05, 4.69) is 16.2 Å². The summed E-state index contributed by atoms with van der Waals surface area (Å²) in [5.41, 5.74) is 2.85. The van der Waals surface area contributed by atoms with Crippen molar-refractivity contribution in [1.82, 2.24) is 14.6 Å². The molecule has 114 valence electrons. The number of fused-ring (bicyclic) bond motifs is 1. The Morgan fingerprint density at radius 2 is 1.67 bits per heavy atom. The molecule has 2 heterocycles. The topological polar surface area (TPSA) is 63.2 Å². The highest BCUT2D eigenvalue weighted by molar-refractivity contribution is 5.65. The van der Waals surface area contributed by atoms with Crippen LogP contribution in [0.25, 0.3) is 16.9 Å². The molecular formula is C19H12N4O. The zero-order chi connectivity index (χ0) is 16.4. The molecular weight excluding hydrogens is 300 g/mol. The molecule has 4 rings (SSSR count). The van der Waals surface area contributed by atoms with E-state index in [1.165, 1.54) is 6.20 Å². The van der Waals surface area contributed by atoms with Crippen LogP contribution in [0.2, 0.25) is 0 Å². The molecule has 2 aromatic carbocycles. The van der Waals surface area contributed by atoms with Gasteiger partial charge in [-0.05, 0) is 42.5 Å². The van der Waals surface area contributed by atoms with Crippen LogP contribution < -0.4 is 4.74 Å². The first-order chi connectivity index (χ1) is 11.8. The van der Waals surface area contributed by atoms with Crippen LogP contribution in [-0.4, -0.2) is 14.6 Å². The number of hydrogen-bond acceptors (Lipinski definition) is 4. The fourth-order valence-electron chi connectivity index (χ4n) is 2.51. The highest BCUT2D eigenvalue weighted by atomic mass is 16.5. The summed E-state index contributed by atoms with van der Waals surface area (Å²) in [5, 5.41) is 13.4. The molecule has 5 nitrogen and oxygen atoms in total. The average Bonchev–Trinajstić information content (AvgIpc) is 3.06. The molecule has 0 spiro atoms. The summed E-state index contributed by atoms with van der Waals surface area (Å²) < 4.78 is 7.47. The van der Waals surface area contributed by atoms with Crippen LogP contribution in [-0.2, 0) is 0 Å². The molecule has 0 unspecified atom stereocenters. The zero-order valence-corrected chi connectivity index (χ0v) is 12.6. The summed E-state index contributed by atoms with van der Waals surface area (Å²) in [6.07, 6.45) is 3.21. The maximum Gasteiger partial charge on any atom is 0.173 e. The summed E-state index contributed by atoms with van der Waals surface area (Å²) in [7, 11) is 0. The number of hydrogen-bond donors (Lipinski definition) is 0. The van der Waals surface area contributed by atoms with Gasteiger partial charge < -0.3 is 4.74 Å². The Labute approximate surface area is 138 Å². The van der Waals surface area contributed by atoms with Gasteiger partial charge in [-0.3, -0.25) is 0 Å². The van der Waals surface area contributed by atoms with E-state index in [1.807, 2.05) is 60.7 Å². The Kier molecular flexibility index (Phi) is 3.41. The number of para-hydroxylation sites is 1. The minimum atomic E-state index is 0.459. The first-order valence-corrected chi connectivity index (χ1v) is 7.41. The third-order valence-corrected chi connectivity index (χ3v) is 3.65. The fraction of sp³-hybridized carbons (Fsp3) is 0. The van der Waals surface area contributed by atoms with Crippen LogP contribution in [0.15, 0.2) is 73.1 Å². The van der Waals surface area contributed by atoms with Crippen molar-refractivity contribution in [2.75, 3.05) is 0 Å². The maximum absolute atomic E-state index is 9.10. The van der Waals surface area contributed by atoms with E-state index in [-0.39, 0.29) is 0 Å². The van der Waals surface area contributed by atoms with Crippen LogP contribution in [0.5, 0.6) is 11.5 Å². The Morgan fingerprint density at radius 1 is 0.917 bits per heavy atom. The second-order valence-corrected chi connectivity index (χ2v) is 5.18. The monoisotopic (exact) mass is 312 g/mol. The third-order valence-electron chi connectivity index (χ3n) is 3.65. The van der Waals surface area contributed by atoms with Crippen LogP contribution in [0, 0.1) is 11.3 Å². The lowest BCUT2D eigenvalue weighted by molar-refractivity contribution is 0.483. The second kappa shape index (κ2) is 5.86. The van der Waals surface area contributed by atoms with Gasteiger partial charge in [-0.1, -0.05) is 18.2 Å². The van der Waals surface area contributed by atoms with E-state index in [9.17, 15) is 0 Å². The summed E-state index contributed by atoms with van der Waals surface area (Å²) in [6, 6.07) is 21.3. The minimum Gasteiger partial charge on any atom is -0.457 e. The van der Waals surface area contributed by atoms with Crippen LogP contribution >= 0.6 is 0 Å². The van der Waals surface area contributed by atoms with E-state index in [0.717, 1.165) is 22.8 Å². The first-order valence-electron chi connectivity index (χ1n) is 7.41. The van der Waals surface area contributed by atoms with Gasteiger partial charge in [0.1, 0.15) is 23.1 Å². The lowest BCUT2D eigenvalue weighted by Gasteiger charge is -2.08. The van der Waals surface area contributed by atoms with Gasteiger partial charge in [0.05, 0.1) is 11.9 Å². The number of benzene rings is 2. The van der Waals surface area contributed by atoms with Gasteiger partial charge in [0.2, 0.25) is 0 Å². The smallest absolute Gasteiger partial charge is 0.173 e. The number of aromatic nitrogens is 3. The molecule has 0 bridgehead atoms. The van der Waals surface area contributed by atoms with Gasteiger partial charge in [0.25, 0.3) is 0 Å². The molecule has 0 amide bonds. The van der Waals surface area contributed by atoms with Crippen molar-refractivity contribution in [2.45, 2.75) is 0 Å². The van der Waals surface area contributed by atoms with Gasteiger partial charge in [-0.15, -0.1) is 0 Å². The van der Waals surface area contributed by atoms with Crippen molar-refractivity contribution in [3.8, 4) is 28.8 Å². The average molecular weight is 312 g/mol. The predicted molar refractivity (Wildman–Crippen MR) is 89.7 cm³/mol. The standard InChI is InChI=1S/C19H12N4O/c20-12-15-13-22-23-18(10-11-21-19(15)23)14-6-8-17(9-7-14)24-16-4-2-1-3-5-16/h1-11,13H. The van der Waals surface area contributed by atoms with Gasteiger partial charge in [-0.25, -0.2) is 9.50 Å². The summed E-state index contributed by atoms with van der Waals surface area (Å²) in [6.45, 7) is 0. The molecule has 0 N–H and O–H groups in total. The number of ether oxygens (including phenoxy) is 1. The molecule has 0 radical (unpaired) electrons. The van der Waals surface area contributed by atoms with Gasteiger partial charge in [0, 0.05) is 11.8 Å². The Morgan fingerprint density at radius 3 is 2.42 bits per heavy atom. The van der Waals surface area contributed by atoms with Crippen molar-refractivity contribution >= 4 is 5.65 Å². The molecule has 0 aliphatic carbocycles. The fourth-order valence-corrected chi connectivity index (χ4v) is 2.51. The lowest BCUT2D eigenvalue weighted by atomic mass is 10.1. The van der Waals surface area contributed by atoms with E-state index in [4.69, 9.17) is 10.00 Å². The van der Waals surface area contributed by atoms with Gasteiger partial charge in [-0.2, -0.15) is 10.4 Å². The quantitative estimate of drug-likeness (QED) is 0.572. The Hall–Kier alpha value is -3.65. The number of nitriles is 1. The van der Waals surface area contributed by atoms with E-state index >= 15 is 0 Å². The molecule has 0 aliphatic heterocycles. The van der Waals surface area contributed by atoms with Crippen molar-refractivity contribution in [1.29, 1.82) is 5.26 Å². The van der Waals surface area contributed by atoms with Gasteiger partial charge in [0.15, 0.2) is 5.65 Å². The molecule has 0 fully saturated rings. The molecule has 0 aliphatic rings.